The average molecular weight is 424 g/mol. The molecule has 0 aliphatic carbocycles. The van der Waals surface area contributed by atoms with Gasteiger partial charge in [0, 0.05) is 0 Å². The zero-order valence-electron chi connectivity index (χ0n) is 14.9. The van der Waals surface area contributed by atoms with E-state index in [1.165, 1.54) is 18.2 Å². The molecule has 0 aromatic heterocycles. The van der Waals surface area contributed by atoms with Crippen LogP contribution in [0.3, 0.4) is 0 Å². The lowest BCUT2D eigenvalue weighted by Gasteiger charge is -2.38. The second-order valence-electron chi connectivity index (χ2n) is 7.35. The van der Waals surface area contributed by atoms with Crippen LogP contribution in [-0.4, -0.2) is 11.7 Å². The minimum absolute atomic E-state index is 0.282. The second-order valence-corrected chi connectivity index (χ2v) is 8.21. The summed E-state index contributed by atoms with van der Waals surface area (Å²) in [4.78, 5) is 14.5. The Hall–Kier alpha value is -1.95. The van der Waals surface area contributed by atoms with Crippen molar-refractivity contribution in [3.05, 3.63) is 63.6 Å². The lowest BCUT2D eigenvalue weighted by atomic mass is 9.91. The van der Waals surface area contributed by atoms with Crippen molar-refractivity contribution in [3.63, 3.8) is 0 Å². The summed E-state index contributed by atoms with van der Waals surface area (Å²) >= 11 is 3.19. The summed E-state index contributed by atoms with van der Waals surface area (Å²) in [5.74, 6) is -0.702. The van der Waals surface area contributed by atoms with Gasteiger partial charge in [-0.1, -0.05) is 12.1 Å². The summed E-state index contributed by atoms with van der Waals surface area (Å²) in [7, 11) is 0. The molecule has 0 fully saturated rings. The molecule has 0 radical (unpaired) electrons. The molecule has 1 aliphatic rings. The molecule has 1 unspecified atom stereocenters. The molecule has 3 rings (SSSR count). The summed E-state index contributed by atoms with van der Waals surface area (Å²) in [6.45, 7) is 5.38. The highest BCUT2D eigenvalue weighted by Gasteiger charge is 2.35. The summed E-state index contributed by atoms with van der Waals surface area (Å²) in [5.41, 5.74) is 1.49. The van der Waals surface area contributed by atoms with Crippen molar-refractivity contribution in [2.75, 3.05) is 4.90 Å². The molecule has 6 heteroatoms. The number of anilines is 1. The van der Waals surface area contributed by atoms with Crippen LogP contribution < -0.4 is 4.90 Å². The highest BCUT2D eigenvalue weighted by Crippen LogP contribution is 2.41. The number of amides is 1. The zero-order chi connectivity index (χ0) is 19.1. The SMILES string of the molecule is CC(C)(C)OC(=O)N1c2cc(Br)c(F)cc2CCC1c1ccc(F)cc1. The van der Waals surface area contributed by atoms with Crippen LogP contribution in [0.4, 0.5) is 19.3 Å². The quantitative estimate of drug-likeness (QED) is 0.549. The Kier molecular flexibility index (Phi) is 5.06. The van der Waals surface area contributed by atoms with Gasteiger partial charge in [0.15, 0.2) is 0 Å². The van der Waals surface area contributed by atoms with Crippen LogP contribution in [0, 0.1) is 11.6 Å². The normalized spacial score (nSPS) is 17.0. The van der Waals surface area contributed by atoms with E-state index in [-0.39, 0.29) is 22.1 Å². The summed E-state index contributed by atoms with van der Waals surface area (Å²) < 4.78 is 33.1. The molecule has 138 valence electrons. The van der Waals surface area contributed by atoms with Gasteiger partial charge in [-0.2, -0.15) is 0 Å². The first-order chi connectivity index (χ1) is 12.2. The van der Waals surface area contributed by atoms with Crippen molar-refractivity contribution in [1.82, 2.24) is 0 Å². The minimum atomic E-state index is -0.667. The van der Waals surface area contributed by atoms with Gasteiger partial charge in [-0.05, 0) is 84.9 Å². The smallest absolute Gasteiger partial charge is 0.415 e. The minimum Gasteiger partial charge on any atom is -0.443 e. The molecule has 0 saturated carbocycles. The molecule has 0 N–H and O–H groups in total. The number of fused-ring (bicyclic) bond motifs is 1. The number of ether oxygens (including phenoxy) is 1. The first kappa shape index (κ1) is 18.8. The van der Waals surface area contributed by atoms with Crippen LogP contribution in [0.2, 0.25) is 0 Å². The van der Waals surface area contributed by atoms with Gasteiger partial charge in [0.1, 0.15) is 17.2 Å². The van der Waals surface area contributed by atoms with Crippen molar-refractivity contribution < 1.29 is 18.3 Å². The highest BCUT2D eigenvalue weighted by molar-refractivity contribution is 9.10. The third kappa shape index (κ3) is 3.90. The molecule has 26 heavy (non-hydrogen) atoms. The number of hydrogen-bond acceptors (Lipinski definition) is 2. The molecule has 0 bridgehead atoms. The van der Waals surface area contributed by atoms with Crippen LogP contribution in [0.5, 0.6) is 0 Å². The largest absolute Gasteiger partial charge is 0.443 e. The molecule has 1 aliphatic heterocycles. The van der Waals surface area contributed by atoms with E-state index in [0.29, 0.717) is 18.5 Å². The van der Waals surface area contributed by atoms with Crippen molar-refractivity contribution in [1.29, 1.82) is 0 Å². The summed E-state index contributed by atoms with van der Waals surface area (Å²) in [6.07, 6.45) is 0.700. The predicted molar refractivity (Wildman–Crippen MR) is 100 cm³/mol. The van der Waals surface area contributed by atoms with E-state index in [4.69, 9.17) is 4.74 Å². The van der Waals surface area contributed by atoms with Crippen molar-refractivity contribution in [3.8, 4) is 0 Å². The van der Waals surface area contributed by atoms with Gasteiger partial charge in [-0.3, -0.25) is 4.90 Å². The molecule has 1 atom stereocenters. The molecule has 2 aromatic carbocycles. The zero-order valence-corrected chi connectivity index (χ0v) is 16.4. The molecule has 1 amide bonds. The summed E-state index contributed by atoms with van der Waals surface area (Å²) in [6, 6.07) is 8.82. The van der Waals surface area contributed by atoms with E-state index in [9.17, 15) is 13.6 Å². The van der Waals surface area contributed by atoms with Crippen LogP contribution in [-0.2, 0) is 11.2 Å². The van der Waals surface area contributed by atoms with E-state index in [0.717, 1.165) is 11.1 Å². The first-order valence-electron chi connectivity index (χ1n) is 8.41. The van der Waals surface area contributed by atoms with Crippen LogP contribution in [0.1, 0.15) is 44.4 Å². The Balaban J connectivity index is 2.08. The standard InChI is InChI=1S/C20H20BrF2NO2/c1-20(2,3)26-19(25)24-17(12-4-7-14(22)8-5-12)9-6-13-10-16(23)15(21)11-18(13)24/h4-5,7-8,10-11,17H,6,9H2,1-3H3. The van der Waals surface area contributed by atoms with Crippen LogP contribution in [0.15, 0.2) is 40.9 Å². The topological polar surface area (TPSA) is 29.5 Å². The maximum atomic E-state index is 13.9. The number of benzene rings is 2. The molecule has 0 saturated heterocycles. The number of carbonyl (C=O) groups is 1. The molecule has 3 nitrogen and oxygen atoms in total. The fourth-order valence-electron chi connectivity index (χ4n) is 3.13. The molecular formula is C20H20BrF2NO2. The molecule has 1 heterocycles. The number of carbonyl (C=O) groups excluding carboxylic acids is 1. The van der Waals surface area contributed by atoms with Crippen molar-refractivity contribution in [2.45, 2.75) is 45.3 Å². The van der Waals surface area contributed by atoms with Crippen molar-refractivity contribution in [2.24, 2.45) is 0 Å². The van der Waals surface area contributed by atoms with Crippen LogP contribution >= 0.6 is 15.9 Å². The Morgan fingerprint density at radius 3 is 2.46 bits per heavy atom. The van der Waals surface area contributed by atoms with Gasteiger partial charge in [-0.15, -0.1) is 0 Å². The Morgan fingerprint density at radius 1 is 1.19 bits per heavy atom. The van der Waals surface area contributed by atoms with Crippen LogP contribution in [0.25, 0.3) is 0 Å². The third-order valence-electron chi connectivity index (χ3n) is 4.22. The maximum Gasteiger partial charge on any atom is 0.415 e. The second kappa shape index (κ2) is 6.99. The monoisotopic (exact) mass is 423 g/mol. The number of nitrogens with zero attached hydrogens (tertiary/aromatic N) is 1. The number of aryl methyl sites for hydroxylation is 1. The average Bonchev–Trinajstić information content (AvgIpc) is 2.54. The van der Waals surface area contributed by atoms with Gasteiger partial charge in [0.2, 0.25) is 0 Å². The fraction of sp³-hybridized carbons (Fsp3) is 0.350. The van der Waals surface area contributed by atoms with Gasteiger partial charge in [0.25, 0.3) is 0 Å². The van der Waals surface area contributed by atoms with Gasteiger partial charge < -0.3 is 4.74 Å². The number of hydrogen-bond donors (Lipinski definition) is 0. The third-order valence-corrected chi connectivity index (χ3v) is 4.83. The highest BCUT2D eigenvalue weighted by atomic mass is 79.9. The Morgan fingerprint density at radius 2 is 1.85 bits per heavy atom. The first-order valence-corrected chi connectivity index (χ1v) is 9.20. The van der Waals surface area contributed by atoms with E-state index in [2.05, 4.69) is 15.9 Å². The Labute approximate surface area is 160 Å². The van der Waals surface area contributed by atoms with Gasteiger partial charge in [0.05, 0.1) is 16.2 Å². The molecule has 0 spiro atoms. The van der Waals surface area contributed by atoms with E-state index in [1.807, 2.05) is 0 Å². The number of rotatable bonds is 1. The maximum absolute atomic E-state index is 13.9. The van der Waals surface area contributed by atoms with Crippen molar-refractivity contribution >= 4 is 27.7 Å². The lowest BCUT2D eigenvalue weighted by molar-refractivity contribution is 0.0560. The molecule has 2 aromatic rings. The van der Waals surface area contributed by atoms with Gasteiger partial charge in [-0.25, -0.2) is 13.6 Å². The predicted octanol–water partition coefficient (Wildman–Crippen LogP) is 6.16. The Bertz CT molecular complexity index is 831. The van der Waals surface area contributed by atoms with Gasteiger partial charge >= 0.3 is 6.09 Å². The van der Waals surface area contributed by atoms with E-state index >= 15 is 0 Å². The molecular weight excluding hydrogens is 404 g/mol. The summed E-state index contributed by atoms with van der Waals surface area (Å²) in [5, 5.41) is 0. The van der Waals surface area contributed by atoms with E-state index < -0.39 is 11.7 Å². The number of halogens is 3. The van der Waals surface area contributed by atoms with E-state index in [1.54, 1.807) is 43.9 Å². The fourth-order valence-corrected chi connectivity index (χ4v) is 3.46. The lowest BCUT2D eigenvalue weighted by Crippen LogP contribution is -2.42.